The minimum absolute atomic E-state index is 0.0244. The van der Waals surface area contributed by atoms with Crippen molar-refractivity contribution in [3.63, 3.8) is 0 Å². The number of halogens is 2. The van der Waals surface area contributed by atoms with E-state index in [1.807, 2.05) is 18.2 Å². The highest BCUT2D eigenvalue weighted by atomic mass is 35.5. The van der Waals surface area contributed by atoms with Gasteiger partial charge in [0.1, 0.15) is 11.6 Å². The van der Waals surface area contributed by atoms with Crippen molar-refractivity contribution in [2.45, 2.75) is 0 Å². The van der Waals surface area contributed by atoms with Gasteiger partial charge in [-0.3, -0.25) is 5.10 Å². The van der Waals surface area contributed by atoms with Gasteiger partial charge >= 0.3 is 0 Å². The summed E-state index contributed by atoms with van der Waals surface area (Å²) in [6.45, 7) is 0. The van der Waals surface area contributed by atoms with Crippen LogP contribution < -0.4 is 0 Å². The van der Waals surface area contributed by atoms with E-state index >= 15 is 0 Å². The quantitative estimate of drug-likeness (QED) is 0.741. The van der Waals surface area contributed by atoms with Gasteiger partial charge in [-0.25, -0.2) is 4.39 Å². The molecular weight excluding hydrogens is 279 g/mol. The predicted molar refractivity (Wildman–Crippen MR) is 76.1 cm³/mol. The molecule has 100 valence electrons. The van der Waals surface area contributed by atoms with Gasteiger partial charge in [-0.15, -0.1) is 0 Å². The number of phenolic OH excluding ortho intramolecular Hbond substituents is 1. The molecule has 0 amide bonds. The van der Waals surface area contributed by atoms with Crippen LogP contribution in [-0.2, 0) is 0 Å². The fourth-order valence-electron chi connectivity index (χ4n) is 1.99. The van der Waals surface area contributed by atoms with Crippen LogP contribution in [0.5, 0.6) is 5.75 Å². The summed E-state index contributed by atoms with van der Waals surface area (Å²) in [5, 5.41) is 17.3. The maximum atomic E-state index is 13.3. The second-order valence-corrected chi connectivity index (χ2v) is 4.72. The number of H-pyrrole nitrogens is 1. The van der Waals surface area contributed by atoms with Crippen molar-refractivity contribution < 1.29 is 9.50 Å². The van der Waals surface area contributed by atoms with E-state index < -0.39 is 5.82 Å². The van der Waals surface area contributed by atoms with Crippen LogP contribution in [0.3, 0.4) is 0 Å². The molecule has 0 spiro atoms. The standard InChI is InChI=1S/C15H10ClFN2O/c16-12-4-2-1-3-10(12)13-8-14(19-18-13)11-7-9(17)5-6-15(11)20/h1-8,20H,(H,18,19). The van der Waals surface area contributed by atoms with Crippen molar-refractivity contribution in [1.29, 1.82) is 0 Å². The number of aromatic hydroxyl groups is 1. The van der Waals surface area contributed by atoms with Crippen LogP contribution in [0.4, 0.5) is 4.39 Å². The Balaban J connectivity index is 2.07. The molecule has 0 atom stereocenters. The SMILES string of the molecule is Oc1ccc(F)cc1-c1cc(-c2ccccc2Cl)[nH]n1. The Morgan fingerprint density at radius 3 is 2.65 bits per heavy atom. The zero-order valence-electron chi connectivity index (χ0n) is 10.3. The third kappa shape index (κ3) is 2.26. The number of benzene rings is 2. The largest absolute Gasteiger partial charge is 0.507 e. The first-order chi connectivity index (χ1) is 9.65. The highest BCUT2D eigenvalue weighted by molar-refractivity contribution is 6.33. The number of hydrogen-bond acceptors (Lipinski definition) is 2. The Kier molecular flexibility index (Phi) is 3.16. The third-order valence-electron chi connectivity index (χ3n) is 2.98. The van der Waals surface area contributed by atoms with E-state index in [2.05, 4.69) is 10.2 Å². The van der Waals surface area contributed by atoms with E-state index in [1.165, 1.54) is 18.2 Å². The van der Waals surface area contributed by atoms with Crippen molar-refractivity contribution in [2.24, 2.45) is 0 Å². The lowest BCUT2D eigenvalue weighted by atomic mass is 10.1. The van der Waals surface area contributed by atoms with Crippen molar-refractivity contribution in [3.8, 4) is 28.3 Å². The van der Waals surface area contributed by atoms with Crippen LogP contribution in [0, 0.1) is 5.82 Å². The minimum Gasteiger partial charge on any atom is -0.507 e. The van der Waals surface area contributed by atoms with Crippen molar-refractivity contribution in [1.82, 2.24) is 10.2 Å². The van der Waals surface area contributed by atoms with E-state index in [-0.39, 0.29) is 5.75 Å². The third-order valence-corrected chi connectivity index (χ3v) is 3.31. The molecule has 3 nitrogen and oxygen atoms in total. The Morgan fingerprint density at radius 1 is 1.05 bits per heavy atom. The molecule has 0 bridgehead atoms. The number of rotatable bonds is 2. The van der Waals surface area contributed by atoms with Crippen LogP contribution in [0.2, 0.25) is 5.02 Å². The number of nitrogens with one attached hydrogen (secondary N) is 1. The Labute approximate surface area is 119 Å². The van der Waals surface area contributed by atoms with Gasteiger partial charge in [-0.05, 0) is 30.3 Å². The van der Waals surface area contributed by atoms with Crippen molar-refractivity contribution in [3.05, 3.63) is 59.4 Å². The number of hydrogen-bond donors (Lipinski definition) is 2. The highest BCUT2D eigenvalue weighted by Gasteiger charge is 2.12. The van der Waals surface area contributed by atoms with Crippen LogP contribution in [0.1, 0.15) is 0 Å². The van der Waals surface area contributed by atoms with Gasteiger partial charge in [0.2, 0.25) is 0 Å². The second-order valence-electron chi connectivity index (χ2n) is 4.31. The molecule has 1 heterocycles. The molecule has 2 N–H and O–H groups in total. The molecule has 20 heavy (non-hydrogen) atoms. The molecule has 0 fully saturated rings. The molecule has 3 aromatic rings. The second kappa shape index (κ2) is 4.98. The fourth-order valence-corrected chi connectivity index (χ4v) is 2.23. The summed E-state index contributed by atoms with van der Waals surface area (Å²) in [5.74, 6) is -0.455. The molecule has 0 aliphatic heterocycles. The first-order valence-corrected chi connectivity index (χ1v) is 6.32. The topological polar surface area (TPSA) is 48.9 Å². The smallest absolute Gasteiger partial charge is 0.125 e. The summed E-state index contributed by atoms with van der Waals surface area (Å²) >= 11 is 6.11. The molecule has 3 rings (SSSR count). The van der Waals surface area contributed by atoms with Gasteiger partial charge in [0, 0.05) is 16.1 Å². The van der Waals surface area contributed by atoms with Gasteiger partial charge in [0.05, 0.1) is 11.4 Å². The van der Waals surface area contributed by atoms with Crippen LogP contribution >= 0.6 is 11.6 Å². The Morgan fingerprint density at radius 2 is 1.85 bits per heavy atom. The molecule has 0 aliphatic rings. The van der Waals surface area contributed by atoms with Gasteiger partial charge in [-0.1, -0.05) is 29.8 Å². The van der Waals surface area contributed by atoms with Crippen LogP contribution in [0.15, 0.2) is 48.5 Å². The number of aromatic amines is 1. The summed E-state index contributed by atoms with van der Waals surface area (Å²) in [7, 11) is 0. The average molecular weight is 289 g/mol. The monoisotopic (exact) mass is 288 g/mol. The first kappa shape index (κ1) is 12.7. The van der Waals surface area contributed by atoms with Gasteiger partial charge in [0.25, 0.3) is 0 Å². The lowest BCUT2D eigenvalue weighted by molar-refractivity contribution is 0.475. The van der Waals surface area contributed by atoms with E-state index in [1.54, 1.807) is 12.1 Å². The maximum absolute atomic E-state index is 13.3. The number of nitrogens with zero attached hydrogens (tertiary/aromatic N) is 1. The molecule has 0 saturated heterocycles. The number of aromatic nitrogens is 2. The fraction of sp³-hybridized carbons (Fsp3) is 0. The molecule has 1 aromatic heterocycles. The van der Waals surface area contributed by atoms with Crippen LogP contribution in [0.25, 0.3) is 22.5 Å². The molecule has 0 radical (unpaired) electrons. The molecule has 0 saturated carbocycles. The van der Waals surface area contributed by atoms with Gasteiger partial charge < -0.3 is 5.11 Å². The van der Waals surface area contributed by atoms with E-state index in [0.717, 1.165) is 5.56 Å². The molecular formula is C15H10ClFN2O. The summed E-state index contributed by atoms with van der Waals surface area (Å²) in [5.41, 5.74) is 2.29. The van der Waals surface area contributed by atoms with E-state index in [0.29, 0.717) is 22.0 Å². The highest BCUT2D eigenvalue weighted by Crippen LogP contribution is 2.32. The normalized spacial score (nSPS) is 10.7. The first-order valence-electron chi connectivity index (χ1n) is 5.94. The lowest BCUT2D eigenvalue weighted by Gasteiger charge is -2.00. The zero-order valence-corrected chi connectivity index (χ0v) is 11.0. The van der Waals surface area contributed by atoms with E-state index in [4.69, 9.17) is 11.6 Å². The molecule has 2 aromatic carbocycles. The zero-order chi connectivity index (χ0) is 14.1. The molecule has 5 heteroatoms. The molecule has 0 unspecified atom stereocenters. The lowest BCUT2D eigenvalue weighted by Crippen LogP contribution is -1.81. The van der Waals surface area contributed by atoms with Crippen molar-refractivity contribution in [2.75, 3.05) is 0 Å². The Hall–Kier alpha value is -2.33. The average Bonchev–Trinajstić information content (AvgIpc) is 2.91. The van der Waals surface area contributed by atoms with Gasteiger partial charge in [0.15, 0.2) is 0 Å². The summed E-state index contributed by atoms with van der Waals surface area (Å²) < 4.78 is 13.3. The summed E-state index contributed by atoms with van der Waals surface area (Å²) in [6.07, 6.45) is 0. The summed E-state index contributed by atoms with van der Waals surface area (Å²) in [4.78, 5) is 0. The minimum atomic E-state index is -0.430. The Bertz CT molecular complexity index is 770. The molecule has 0 aliphatic carbocycles. The van der Waals surface area contributed by atoms with Crippen LogP contribution in [-0.4, -0.2) is 15.3 Å². The maximum Gasteiger partial charge on any atom is 0.125 e. The van der Waals surface area contributed by atoms with E-state index in [9.17, 15) is 9.50 Å². The predicted octanol–water partition coefficient (Wildman–Crippen LogP) is 4.24. The summed E-state index contributed by atoms with van der Waals surface area (Å²) in [6, 6.07) is 12.8. The van der Waals surface area contributed by atoms with Crippen molar-refractivity contribution >= 4 is 11.6 Å². The number of phenols is 1. The van der Waals surface area contributed by atoms with Gasteiger partial charge in [-0.2, -0.15) is 5.10 Å².